The van der Waals surface area contributed by atoms with E-state index in [2.05, 4.69) is 13.8 Å². The van der Waals surface area contributed by atoms with Gasteiger partial charge in [0.25, 0.3) is 0 Å². The Labute approximate surface area is 101 Å². The number of rotatable bonds is 3. The van der Waals surface area contributed by atoms with E-state index in [0.717, 1.165) is 23.0 Å². The maximum absolute atomic E-state index is 11.2. The van der Waals surface area contributed by atoms with Crippen LogP contribution in [0.1, 0.15) is 29.9 Å². The molecule has 0 saturated carbocycles. The van der Waals surface area contributed by atoms with Crippen LogP contribution in [-0.4, -0.2) is 15.6 Å². The van der Waals surface area contributed by atoms with Crippen molar-refractivity contribution in [3.63, 3.8) is 0 Å². The number of aromatic nitrogens is 1. The number of nitrogens with zero attached hydrogens (tertiary/aromatic N) is 1. The van der Waals surface area contributed by atoms with Gasteiger partial charge in [-0.05, 0) is 31.0 Å². The Balaban J connectivity index is 2.66. The van der Waals surface area contributed by atoms with Gasteiger partial charge in [0.1, 0.15) is 5.69 Å². The smallest absolute Gasteiger partial charge is 0.352 e. The highest BCUT2D eigenvalue weighted by Gasteiger charge is 2.15. The van der Waals surface area contributed by atoms with E-state index in [0.29, 0.717) is 11.6 Å². The molecule has 0 aliphatic rings. The van der Waals surface area contributed by atoms with Crippen LogP contribution in [0.2, 0.25) is 0 Å². The van der Waals surface area contributed by atoms with Crippen LogP contribution in [-0.2, 0) is 6.54 Å². The maximum atomic E-state index is 11.2. The van der Waals surface area contributed by atoms with E-state index < -0.39 is 5.97 Å². The van der Waals surface area contributed by atoms with Crippen LogP contribution < -0.4 is 0 Å². The van der Waals surface area contributed by atoms with E-state index in [9.17, 15) is 9.90 Å². The van der Waals surface area contributed by atoms with Gasteiger partial charge in [0, 0.05) is 17.4 Å². The summed E-state index contributed by atoms with van der Waals surface area (Å²) in [6.45, 7) is 6.92. The monoisotopic (exact) mass is 231 g/mol. The number of carbonyl (C=O) groups is 1. The molecule has 3 nitrogen and oxygen atoms in total. The van der Waals surface area contributed by atoms with Gasteiger partial charge in [-0.1, -0.05) is 25.5 Å². The number of fused-ring (bicyclic) bond motifs is 1. The molecule has 0 aliphatic heterocycles. The number of hydrogen-bond acceptors (Lipinski definition) is 1. The van der Waals surface area contributed by atoms with Crippen LogP contribution >= 0.6 is 0 Å². The van der Waals surface area contributed by atoms with Gasteiger partial charge in [-0.15, -0.1) is 0 Å². The molecule has 0 atom stereocenters. The summed E-state index contributed by atoms with van der Waals surface area (Å²) in [6, 6.07) is 7.80. The Morgan fingerprint density at radius 2 is 2.06 bits per heavy atom. The van der Waals surface area contributed by atoms with Crippen LogP contribution in [0.5, 0.6) is 0 Å². The third-order valence-corrected chi connectivity index (χ3v) is 2.82. The van der Waals surface area contributed by atoms with Gasteiger partial charge in [-0.25, -0.2) is 4.79 Å². The lowest BCUT2D eigenvalue weighted by Crippen LogP contribution is -2.11. The summed E-state index contributed by atoms with van der Waals surface area (Å²) >= 11 is 0. The van der Waals surface area contributed by atoms with Gasteiger partial charge in [0.2, 0.25) is 0 Å². The van der Waals surface area contributed by atoms with Crippen LogP contribution in [0.4, 0.5) is 0 Å². The van der Waals surface area contributed by atoms with E-state index in [1.54, 1.807) is 6.07 Å². The van der Waals surface area contributed by atoms with Gasteiger partial charge >= 0.3 is 5.97 Å². The zero-order valence-electron chi connectivity index (χ0n) is 10.4. The van der Waals surface area contributed by atoms with Crippen molar-refractivity contribution >= 4 is 16.9 Å². The van der Waals surface area contributed by atoms with Crippen LogP contribution in [0, 0.1) is 12.8 Å². The molecule has 0 spiro atoms. The number of carboxylic acid groups (broad SMARTS) is 1. The molecule has 0 amide bonds. The minimum atomic E-state index is -0.862. The van der Waals surface area contributed by atoms with E-state index >= 15 is 0 Å². The molecular weight excluding hydrogens is 214 g/mol. The molecule has 2 aromatic rings. The van der Waals surface area contributed by atoms with Crippen molar-refractivity contribution in [2.75, 3.05) is 0 Å². The molecule has 2 rings (SSSR count). The lowest BCUT2D eigenvalue weighted by atomic mass is 10.2. The molecule has 17 heavy (non-hydrogen) atoms. The quantitative estimate of drug-likeness (QED) is 0.880. The summed E-state index contributed by atoms with van der Waals surface area (Å²) in [7, 11) is 0. The van der Waals surface area contributed by atoms with Crippen molar-refractivity contribution in [1.82, 2.24) is 4.57 Å². The Bertz CT molecular complexity index is 567. The largest absolute Gasteiger partial charge is 0.477 e. The average Bonchev–Trinajstić information content (AvgIpc) is 2.55. The van der Waals surface area contributed by atoms with Crippen molar-refractivity contribution < 1.29 is 9.90 Å². The van der Waals surface area contributed by atoms with Crippen molar-refractivity contribution in [1.29, 1.82) is 0 Å². The minimum Gasteiger partial charge on any atom is -0.477 e. The molecule has 1 N–H and O–H groups in total. The van der Waals surface area contributed by atoms with Crippen molar-refractivity contribution in [2.45, 2.75) is 27.3 Å². The molecule has 3 heteroatoms. The predicted molar refractivity (Wildman–Crippen MR) is 68.5 cm³/mol. The summed E-state index contributed by atoms with van der Waals surface area (Å²) in [5.74, 6) is -0.440. The zero-order chi connectivity index (χ0) is 12.6. The second-order valence-corrected chi connectivity index (χ2v) is 4.90. The fourth-order valence-corrected chi connectivity index (χ4v) is 2.13. The highest BCUT2D eigenvalue weighted by atomic mass is 16.4. The first-order chi connectivity index (χ1) is 7.99. The van der Waals surface area contributed by atoms with Gasteiger partial charge in [-0.3, -0.25) is 0 Å². The van der Waals surface area contributed by atoms with Crippen molar-refractivity contribution in [3.05, 3.63) is 35.5 Å². The van der Waals surface area contributed by atoms with Crippen molar-refractivity contribution in [2.24, 2.45) is 5.92 Å². The second-order valence-electron chi connectivity index (χ2n) is 4.90. The van der Waals surface area contributed by atoms with E-state index in [1.165, 1.54) is 0 Å². The van der Waals surface area contributed by atoms with Crippen molar-refractivity contribution in [3.8, 4) is 0 Å². The van der Waals surface area contributed by atoms with Crippen LogP contribution in [0.3, 0.4) is 0 Å². The Kier molecular flexibility index (Phi) is 2.92. The molecule has 0 unspecified atom stereocenters. The lowest BCUT2D eigenvalue weighted by Gasteiger charge is -2.11. The SMILES string of the molecule is Cc1ccc2c(c1)cc(C(=O)O)n2CC(C)C. The first-order valence-electron chi connectivity index (χ1n) is 5.82. The zero-order valence-corrected chi connectivity index (χ0v) is 10.4. The number of hydrogen-bond donors (Lipinski definition) is 1. The first kappa shape index (κ1) is 11.7. The van der Waals surface area contributed by atoms with E-state index in [1.807, 2.05) is 29.7 Å². The third kappa shape index (κ3) is 2.18. The number of aromatic carboxylic acids is 1. The highest BCUT2D eigenvalue weighted by Crippen LogP contribution is 2.22. The van der Waals surface area contributed by atoms with E-state index in [-0.39, 0.29) is 0 Å². The average molecular weight is 231 g/mol. The molecular formula is C14H17NO2. The number of aryl methyl sites for hydroxylation is 1. The van der Waals surface area contributed by atoms with Crippen LogP contribution in [0.15, 0.2) is 24.3 Å². The standard InChI is InChI=1S/C14H17NO2/c1-9(2)8-15-12-5-4-10(3)6-11(12)7-13(15)14(16)17/h4-7,9H,8H2,1-3H3,(H,16,17). The Morgan fingerprint density at radius 1 is 1.35 bits per heavy atom. The molecule has 0 saturated heterocycles. The normalized spacial score (nSPS) is 11.3. The number of benzene rings is 1. The molecule has 1 aromatic carbocycles. The molecule has 1 heterocycles. The minimum absolute atomic E-state index is 0.374. The topological polar surface area (TPSA) is 42.2 Å². The molecule has 0 fully saturated rings. The summed E-state index contributed by atoms with van der Waals surface area (Å²) in [6.07, 6.45) is 0. The summed E-state index contributed by atoms with van der Waals surface area (Å²) < 4.78 is 1.89. The van der Waals surface area contributed by atoms with Gasteiger partial charge in [0.15, 0.2) is 0 Å². The molecule has 0 radical (unpaired) electrons. The summed E-state index contributed by atoms with van der Waals surface area (Å²) in [5.41, 5.74) is 2.53. The highest BCUT2D eigenvalue weighted by molar-refractivity contribution is 5.94. The van der Waals surface area contributed by atoms with E-state index in [4.69, 9.17) is 0 Å². The molecule has 90 valence electrons. The summed E-state index contributed by atoms with van der Waals surface area (Å²) in [4.78, 5) is 11.2. The van der Waals surface area contributed by atoms with Crippen LogP contribution in [0.25, 0.3) is 10.9 Å². The van der Waals surface area contributed by atoms with Gasteiger partial charge in [-0.2, -0.15) is 0 Å². The fraction of sp³-hybridized carbons (Fsp3) is 0.357. The summed E-state index contributed by atoms with van der Waals surface area (Å²) in [5, 5.41) is 10.2. The fourth-order valence-electron chi connectivity index (χ4n) is 2.13. The predicted octanol–water partition coefficient (Wildman–Crippen LogP) is 3.30. The van der Waals surface area contributed by atoms with Gasteiger partial charge in [0.05, 0.1) is 0 Å². The molecule has 1 aromatic heterocycles. The van der Waals surface area contributed by atoms with Gasteiger partial charge < -0.3 is 9.67 Å². The third-order valence-electron chi connectivity index (χ3n) is 2.82. The number of carboxylic acids is 1. The molecule has 0 aliphatic carbocycles. The second kappa shape index (κ2) is 4.24. The lowest BCUT2D eigenvalue weighted by molar-refractivity contribution is 0.0685. The Morgan fingerprint density at radius 3 is 2.65 bits per heavy atom. The Hall–Kier alpha value is -1.77. The molecule has 0 bridgehead atoms. The first-order valence-corrected chi connectivity index (χ1v) is 5.82. The maximum Gasteiger partial charge on any atom is 0.352 e.